The van der Waals surface area contributed by atoms with E-state index < -0.39 is 0 Å². The molecular formula is C20H20N4O3S. The van der Waals surface area contributed by atoms with Crippen LogP contribution in [0.3, 0.4) is 0 Å². The highest BCUT2D eigenvalue weighted by Gasteiger charge is 2.17. The first-order valence-corrected chi connectivity index (χ1v) is 10.1. The molecule has 7 nitrogen and oxygen atoms in total. The highest BCUT2D eigenvalue weighted by molar-refractivity contribution is 7.21. The molecule has 3 aromatic heterocycles. The van der Waals surface area contributed by atoms with Crippen molar-refractivity contribution in [1.29, 1.82) is 0 Å². The Bertz CT molecular complexity index is 1120. The predicted molar refractivity (Wildman–Crippen MR) is 109 cm³/mol. The van der Waals surface area contributed by atoms with Crippen molar-refractivity contribution >= 4 is 32.5 Å². The molecule has 0 saturated carbocycles. The molecule has 0 bridgehead atoms. The van der Waals surface area contributed by atoms with Gasteiger partial charge >= 0.3 is 0 Å². The standard InChI is InChI=1S/C20H20N4O3S/c25-19-18(13-3-1-2-4-14(13)22-19)20-23-15-12-21-17(11-16(15)28-20)27-10-7-24-5-8-26-9-6-24/h1-4,11-12,22,25H,5-10H2. The van der Waals surface area contributed by atoms with Gasteiger partial charge in [0.05, 0.1) is 29.7 Å². The average molecular weight is 396 g/mol. The number of nitrogens with one attached hydrogen (secondary N) is 1. The molecule has 1 aliphatic heterocycles. The number of nitrogens with zero attached hydrogens (tertiary/aromatic N) is 3. The third kappa shape index (κ3) is 3.30. The van der Waals surface area contributed by atoms with Crippen molar-refractivity contribution in [3.8, 4) is 22.3 Å². The van der Waals surface area contributed by atoms with Crippen molar-refractivity contribution in [3.05, 3.63) is 36.5 Å². The molecule has 2 N–H and O–H groups in total. The Kier molecular flexibility index (Phi) is 4.59. The summed E-state index contributed by atoms with van der Waals surface area (Å²) in [7, 11) is 0. The van der Waals surface area contributed by atoms with Crippen LogP contribution in [0, 0.1) is 0 Å². The van der Waals surface area contributed by atoms with Crippen LogP contribution in [0.5, 0.6) is 11.8 Å². The van der Waals surface area contributed by atoms with E-state index in [0.717, 1.165) is 64.5 Å². The Labute approximate surface area is 165 Å². The molecule has 1 aromatic carbocycles. The minimum absolute atomic E-state index is 0.134. The number of aromatic amines is 1. The van der Waals surface area contributed by atoms with E-state index in [1.54, 1.807) is 6.20 Å². The van der Waals surface area contributed by atoms with E-state index in [2.05, 4.69) is 19.9 Å². The van der Waals surface area contributed by atoms with Crippen LogP contribution in [0.25, 0.3) is 31.7 Å². The number of morpholine rings is 1. The number of aromatic hydroxyl groups is 1. The fraction of sp³-hybridized carbons (Fsp3) is 0.300. The van der Waals surface area contributed by atoms with E-state index in [9.17, 15) is 5.11 Å². The largest absolute Gasteiger partial charge is 0.494 e. The van der Waals surface area contributed by atoms with E-state index in [1.165, 1.54) is 11.3 Å². The number of thiazole rings is 1. The quantitative estimate of drug-likeness (QED) is 0.539. The molecular weight excluding hydrogens is 376 g/mol. The van der Waals surface area contributed by atoms with Crippen LogP contribution in [0.2, 0.25) is 0 Å². The predicted octanol–water partition coefficient (Wildman–Crippen LogP) is 3.26. The van der Waals surface area contributed by atoms with Crippen molar-refractivity contribution in [2.24, 2.45) is 0 Å². The highest BCUT2D eigenvalue weighted by Crippen LogP contribution is 2.40. The van der Waals surface area contributed by atoms with Crippen LogP contribution in [0.15, 0.2) is 36.5 Å². The first-order valence-electron chi connectivity index (χ1n) is 9.27. The molecule has 4 heterocycles. The summed E-state index contributed by atoms with van der Waals surface area (Å²) in [6, 6.07) is 9.72. The molecule has 0 aliphatic carbocycles. The Hall–Kier alpha value is -2.68. The first-order chi connectivity index (χ1) is 13.8. The Morgan fingerprint density at radius 2 is 2.11 bits per heavy atom. The molecule has 0 atom stereocenters. The Morgan fingerprint density at radius 3 is 3.00 bits per heavy atom. The fourth-order valence-electron chi connectivity index (χ4n) is 3.45. The van der Waals surface area contributed by atoms with E-state index in [1.807, 2.05) is 30.3 Å². The van der Waals surface area contributed by atoms with Crippen LogP contribution in [-0.4, -0.2) is 64.4 Å². The summed E-state index contributed by atoms with van der Waals surface area (Å²) >= 11 is 1.52. The van der Waals surface area contributed by atoms with E-state index >= 15 is 0 Å². The molecule has 4 aromatic rings. The minimum atomic E-state index is 0.134. The van der Waals surface area contributed by atoms with Gasteiger partial charge in [0.15, 0.2) is 5.88 Å². The average Bonchev–Trinajstić information content (AvgIpc) is 3.27. The van der Waals surface area contributed by atoms with Gasteiger partial charge in [0, 0.05) is 36.6 Å². The van der Waals surface area contributed by atoms with Gasteiger partial charge in [-0.05, 0) is 6.07 Å². The number of H-pyrrole nitrogens is 1. The number of hydrogen-bond acceptors (Lipinski definition) is 7. The number of ether oxygens (including phenoxy) is 2. The van der Waals surface area contributed by atoms with Crippen LogP contribution in [0.1, 0.15) is 0 Å². The zero-order chi connectivity index (χ0) is 18.9. The summed E-state index contributed by atoms with van der Waals surface area (Å²) in [6.07, 6.45) is 1.73. The summed E-state index contributed by atoms with van der Waals surface area (Å²) in [6.45, 7) is 4.92. The fourth-order valence-corrected chi connectivity index (χ4v) is 4.47. The van der Waals surface area contributed by atoms with Crippen molar-refractivity contribution in [2.75, 3.05) is 39.5 Å². The summed E-state index contributed by atoms with van der Waals surface area (Å²) in [5, 5.41) is 12.1. The van der Waals surface area contributed by atoms with Gasteiger partial charge in [-0.25, -0.2) is 9.97 Å². The van der Waals surface area contributed by atoms with Gasteiger partial charge in [0.1, 0.15) is 17.1 Å². The Morgan fingerprint density at radius 1 is 1.25 bits per heavy atom. The van der Waals surface area contributed by atoms with Gasteiger partial charge < -0.3 is 19.6 Å². The number of rotatable bonds is 5. The van der Waals surface area contributed by atoms with Crippen molar-refractivity contribution in [2.45, 2.75) is 0 Å². The second-order valence-electron chi connectivity index (χ2n) is 6.71. The van der Waals surface area contributed by atoms with E-state index in [-0.39, 0.29) is 5.88 Å². The third-order valence-corrected chi connectivity index (χ3v) is 5.95. The Balaban J connectivity index is 1.37. The lowest BCUT2D eigenvalue weighted by molar-refractivity contribution is 0.0320. The van der Waals surface area contributed by atoms with Crippen LogP contribution in [0.4, 0.5) is 0 Å². The second-order valence-corrected chi connectivity index (χ2v) is 7.74. The maximum atomic E-state index is 10.4. The second kappa shape index (κ2) is 7.38. The van der Waals surface area contributed by atoms with Crippen molar-refractivity contribution in [3.63, 3.8) is 0 Å². The summed E-state index contributed by atoms with van der Waals surface area (Å²) < 4.78 is 12.2. The van der Waals surface area contributed by atoms with Gasteiger partial charge in [-0.2, -0.15) is 0 Å². The normalized spacial score (nSPS) is 15.4. The number of pyridine rings is 1. The lowest BCUT2D eigenvalue weighted by atomic mass is 10.2. The van der Waals surface area contributed by atoms with Crippen molar-refractivity contribution in [1.82, 2.24) is 19.9 Å². The molecule has 5 rings (SSSR count). The van der Waals surface area contributed by atoms with Crippen LogP contribution < -0.4 is 4.74 Å². The maximum Gasteiger partial charge on any atom is 0.214 e. The molecule has 144 valence electrons. The third-order valence-electron chi connectivity index (χ3n) is 4.91. The lowest BCUT2D eigenvalue weighted by Gasteiger charge is -2.26. The minimum Gasteiger partial charge on any atom is -0.494 e. The van der Waals surface area contributed by atoms with E-state index in [0.29, 0.717) is 12.5 Å². The van der Waals surface area contributed by atoms with Crippen LogP contribution in [-0.2, 0) is 4.74 Å². The van der Waals surface area contributed by atoms with Crippen LogP contribution >= 0.6 is 11.3 Å². The number of para-hydroxylation sites is 1. The van der Waals surface area contributed by atoms with Crippen molar-refractivity contribution < 1.29 is 14.6 Å². The van der Waals surface area contributed by atoms with Gasteiger partial charge in [0.2, 0.25) is 5.88 Å². The van der Waals surface area contributed by atoms with Gasteiger partial charge in [-0.1, -0.05) is 18.2 Å². The summed E-state index contributed by atoms with van der Waals surface area (Å²) in [5.74, 6) is 0.731. The number of fused-ring (bicyclic) bond motifs is 2. The molecule has 0 radical (unpaired) electrons. The number of benzene rings is 1. The van der Waals surface area contributed by atoms with Gasteiger partial charge in [-0.3, -0.25) is 4.90 Å². The molecule has 1 aliphatic rings. The molecule has 8 heteroatoms. The molecule has 0 spiro atoms. The van der Waals surface area contributed by atoms with Gasteiger partial charge in [-0.15, -0.1) is 11.3 Å². The SMILES string of the molecule is Oc1[nH]c2ccccc2c1-c1nc2cnc(OCCN3CCOCC3)cc2s1. The summed E-state index contributed by atoms with van der Waals surface area (Å²) in [4.78, 5) is 14.4. The van der Waals surface area contributed by atoms with Gasteiger partial charge in [0.25, 0.3) is 0 Å². The lowest BCUT2D eigenvalue weighted by Crippen LogP contribution is -2.38. The van der Waals surface area contributed by atoms with E-state index in [4.69, 9.17) is 9.47 Å². The molecule has 0 amide bonds. The monoisotopic (exact) mass is 396 g/mol. The highest BCUT2D eigenvalue weighted by atomic mass is 32.1. The summed E-state index contributed by atoms with van der Waals surface area (Å²) in [5.41, 5.74) is 2.41. The molecule has 1 saturated heterocycles. The number of hydrogen-bond donors (Lipinski definition) is 2. The maximum absolute atomic E-state index is 10.4. The molecule has 0 unspecified atom stereocenters. The topological polar surface area (TPSA) is 83.5 Å². The smallest absolute Gasteiger partial charge is 0.214 e. The number of aromatic nitrogens is 3. The molecule has 28 heavy (non-hydrogen) atoms. The zero-order valence-corrected chi connectivity index (χ0v) is 16.0. The first kappa shape index (κ1) is 17.4. The zero-order valence-electron chi connectivity index (χ0n) is 15.2. The molecule has 1 fully saturated rings.